The quantitative estimate of drug-likeness (QED) is 0.458. The summed E-state index contributed by atoms with van der Waals surface area (Å²) in [6.07, 6.45) is 1.48. The van der Waals surface area contributed by atoms with Gasteiger partial charge in [-0.1, -0.05) is 12.1 Å². The number of anilines is 3. The first-order valence-electron chi connectivity index (χ1n) is 9.98. The van der Waals surface area contributed by atoms with Gasteiger partial charge in [-0.25, -0.2) is 15.0 Å². The summed E-state index contributed by atoms with van der Waals surface area (Å²) in [4.78, 5) is 30.1. The van der Waals surface area contributed by atoms with E-state index >= 15 is 0 Å². The number of rotatable bonds is 5. The minimum Gasteiger partial charge on any atom is -0.378 e. The molecule has 1 saturated heterocycles. The molecule has 9 heteroatoms. The van der Waals surface area contributed by atoms with Gasteiger partial charge in [-0.15, -0.1) is 0 Å². The molecule has 1 aliphatic rings. The molecule has 0 bridgehead atoms. The number of aromatic nitrogens is 4. The lowest BCUT2D eigenvalue weighted by molar-refractivity contribution is 0.100. The van der Waals surface area contributed by atoms with Gasteiger partial charge in [-0.05, 0) is 36.4 Å². The average Bonchev–Trinajstić information content (AvgIpc) is 3.26. The third kappa shape index (κ3) is 3.90. The molecule has 1 amide bonds. The first-order valence-corrected chi connectivity index (χ1v) is 9.98. The van der Waals surface area contributed by atoms with Gasteiger partial charge in [0.05, 0.1) is 13.2 Å². The smallest absolute Gasteiger partial charge is 0.248 e. The summed E-state index contributed by atoms with van der Waals surface area (Å²) < 4.78 is 5.42. The lowest BCUT2D eigenvalue weighted by Crippen LogP contribution is -2.36. The molecular weight excluding hydrogens is 394 g/mol. The Morgan fingerprint density at radius 3 is 2.48 bits per heavy atom. The summed E-state index contributed by atoms with van der Waals surface area (Å²) in [5.41, 5.74) is 9.92. The van der Waals surface area contributed by atoms with Crippen LogP contribution in [0.1, 0.15) is 10.4 Å². The number of nitrogens with two attached hydrogens (primary N) is 1. The van der Waals surface area contributed by atoms with E-state index in [1.165, 1.54) is 12.0 Å². The number of aromatic amines is 1. The topological polar surface area (TPSA) is 122 Å². The van der Waals surface area contributed by atoms with Crippen LogP contribution < -0.4 is 16.0 Å². The van der Waals surface area contributed by atoms with Gasteiger partial charge < -0.3 is 25.7 Å². The molecule has 0 unspecified atom stereocenters. The minimum absolute atomic E-state index is 0.447. The lowest BCUT2D eigenvalue weighted by Gasteiger charge is -2.28. The second-order valence-corrected chi connectivity index (χ2v) is 7.22. The number of carbonyl (C=O) groups is 1. The number of imidazole rings is 1. The molecule has 4 aromatic rings. The highest BCUT2D eigenvalue weighted by molar-refractivity contribution is 5.93. The van der Waals surface area contributed by atoms with Crippen LogP contribution in [-0.4, -0.2) is 52.1 Å². The van der Waals surface area contributed by atoms with Crippen LogP contribution in [0.25, 0.3) is 22.6 Å². The van der Waals surface area contributed by atoms with E-state index in [9.17, 15) is 4.79 Å². The fraction of sp³-hybridized carbons (Fsp3) is 0.182. The van der Waals surface area contributed by atoms with Gasteiger partial charge in [-0.2, -0.15) is 0 Å². The van der Waals surface area contributed by atoms with Gasteiger partial charge >= 0.3 is 0 Å². The number of H-pyrrole nitrogens is 1. The summed E-state index contributed by atoms with van der Waals surface area (Å²) in [5.74, 6) is 0.807. The first kappa shape index (κ1) is 19.0. The number of nitrogens with zero attached hydrogens (tertiary/aromatic N) is 4. The monoisotopic (exact) mass is 415 g/mol. The van der Waals surface area contributed by atoms with Crippen molar-refractivity contribution >= 4 is 34.3 Å². The third-order valence-corrected chi connectivity index (χ3v) is 5.24. The van der Waals surface area contributed by atoms with Gasteiger partial charge in [0, 0.05) is 35.6 Å². The molecule has 4 N–H and O–H groups in total. The molecule has 0 spiro atoms. The summed E-state index contributed by atoms with van der Waals surface area (Å²) in [6, 6.07) is 15.2. The Kier molecular flexibility index (Phi) is 4.93. The van der Waals surface area contributed by atoms with Gasteiger partial charge in [-0.3, -0.25) is 4.79 Å². The summed E-state index contributed by atoms with van der Waals surface area (Å²) >= 11 is 0. The number of hydrogen-bond acceptors (Lipinski definition) is 7. The number of benzene rings is 2. The largest absolute Gasteiger partial charge is 0.378 e. The van der Waals surface area contributed by atoms with Crippen molar-refractivity contribution in [2.45, 2.75) is 0 Å². The van der Waals surface area contributed by atoms with E-state index in [0.717, 1.165) is 37.6 Å². The van der Waals surface area contributed by atoms with E-state index in [1.807, 2.05) is 12.1 Å². The fourth-order valence-corrected chi connectivity index (χ4v) is 3.57. The standard InChI is InChI=1S/C22H21N7O2/c23-19(30)14-1-3-15(4-2-14)20-27-18-21(24-13-25-22(18)28-20)26-16-5-7-17(8-6-16)29-9-11-31-12-10-29/h1-8,13H,9-12H2,(H2,23,30)(H2,24,25,26,27,28). The fourth-order valence-electron chi connectivity index (χ4n) is 3.57. The average molecular weight is 415 g/mol. The molecule has 9 nitrogen and oxygen atoms in total. The Morgan fingerprint density at radius 2 is 1.77 bits per heavy atom. The Balaban J connectivity index is 1.39. The minimum atomic E-state index is -0.465. The van der Waals surface area contributed by atoms with Crippen LogP contribution in [0.3, 0.4) is 0 Å². The predicted molar refractivity (Wildman–Crippen MR) is 118 cm³/mol. The highest BCUT2D eigenvalue weighted by Crippen LogP contribution is 2.26. The lowest BCUT2D eigenvalue weighted by atomic mass is 10.1. The molecule has 2 aromatic carbocycles. The number of fused-ring (bicyclic) bond motifs is 1. The molecule has 0 radical (unpaired) electrons. The molecule has 156 valence electrons. The zero-order chi connectivity index (χ0) is 21.2. The van der Waals surface area contributed by atoms with Gasteiger partial charge in [0.2, 0.25) is 5.91 Å². The van der Waals surface area contributed by atoms with Crippen LogP contribution in [0, 0.1) is 0 Å². The van der Waals surface area contributed by atoms with E-state index in [-0.39, 0.29) is 0 Å². The zero-order valence-electron chi connectivity index (χ0n) is 16.7. The number of nitrogens with one attached hydrogen (secondary N) is 2. The number of hydrogen-bond donors (Lipinski definition) is 3. The van der Waals surface area contributed by atoms with Crippen molar-refractivity contribution in [2.24, 2.45) is 5.73 Å². The predicted octanol–water partition coefficient (Wildman–Crippen LogP) is 2.70. The third-order valence-electron chi connectivity index (χ3n) is 5.24. The summed E-state index contributed by atoms with van der Waals surface area (Å²) in [7, 11) is 0. The second kappa shape index (κ2) is 8.04. The van der Waals surface area contributed by atoms with E-state index in [2.05, 4.69) is 42.3 Å². The van der Waals surface area contributed by atoms with Gasteiger partial charge in [0.25, 0.3) is 0 Å². The number of amides is 1. The normalized spacial score (nSPS) is 14.0. The zero-order valence-corrected chi connectivity index (χ0v) is 16.7. The van der Waals surface area contributed by atoms with Crippen molar-refractivity contribution in [1.29, 1.82) is 0 Å². The summed E-state index contributed by atoms with van der Waals surface area (Å²) in [6.45, 7) is 3.31. The molecule has 0 atom stereocenters. The number of carbonyl (C=O) groups excluding carboxylic acids is 1. The van der Waals surface area contributed by atoms with Crippen LogP contribution in [-0.2, 0) is 4.74 Å². The highest BCUT2D eigenvalue weighted by Gasteiger charge is 2.13. The molecule has 3 heterocycles. The van der Waals surface area contributed by atoms with E-state index in [1.54, 1.807) is 24.3 Å². The number of ether oxygens (including phenoxy) is 1. The van der Waals surface area contributed by atoms with Crippen LogP contribution in [0.5, 0.6) is 0 Å². The maximum absolute atomic E-state index is 11.3. The van der Waals surface area contributed by atoms with Crippen LogP contribution in [0.2, 0.25) is 0 Å². The van der Waals surface area contributed by atoms with Crippen molar-refractivity contribution in [3.63, 3.8) is 0 Å². The van der Waals surface area contributed by atoms with E-state index in [4.69, 9.17) is 10.5 Å². The van der Waals surface area contributed by atoms with E-state index < -0.39 is 5.91 Å². The molecule has 0 saturated carbocycles. The van der Waals surface area contributed by atoms with Crippen LogP contribution >= 0.6 is 0 Å². The van der Waals surface area contributed by atoms with Crippen molar-refractivity contribution in [3.8, 4) is 11.4 Å². The maximum atomic E-state index is 11.3. The van der Waals surface area contributed by atoms with E-state index in [0.29, 0.717) is 28.4 Å². The Hall–Kier alpha value is -3.98. The Bertz CT molecular complexity index is 1210. The maximum Gasteiger partial charge on any atom is 0.248 e. The molecule has 1 aliphatic heterocycles. The highest BCUT2D eigenvalue weighted by atomic mass is 16.5. The SMILES string of the molecule is NC(=O)c1ccc(-c2nc3ncnc(Nc4ccc(N5CCOCC5)cc4)c3[nH]2)cc1. The van der Waals surface area contributed by atoms with Crippen molar-refractivity contribution < 1.29 is 9.53 Å². The van der Waals surface area contributed by atoms with Gasteiger partial charge in [0.15, 0.2) is 11.5 Å². The molecule has 31 heavy (non-hydrogen) atoms. The second-order valence-electron chi connectivity index (χ2n) is 7.22. The molecule has 0 aliphatic carbocycles. The number of morpholine rings is 1. The summed E-state index contributed by atoms with van der Waals surface area (Å²) in [5, 5.41) is 3.34. The molecule has 5 rings (SSSR count). The first-order chi connectivity index (χ1) is 15.2. The Morgan fingerprint density at radius 1 is 1.03 bits per heavy atom. The Labute approximate surface area is 178 Å². The van der Waals surface area contributed by atoms with Gasteiger partial charge in [0.1, 0.15) is 17.7 Å². The van der Waals surface area contributed by atoms with Crippen LogP contribution in [0.4, 0.5) is 17.2 Å². The van der Waals surface area contributed by atoms with Crippen molar-refractivity contribution in [2.75, 3.05) is 36.5 Å². The molecule has 1 fully saturated rings. The van der Waals surface area contributed by atoms with Crippen LogP contribution in [0.15, 0.2) is 54.9 Å². The number of primary amides is 1. The molecule has 2 aromatic heterocycles. The van der Waals surface area contributed by atoms with Crippen molar-refractivity contribution in [3.05, 3.63) is 60.4 Å². The molecular formula is C22H21N7O2. The van der Waals surface area contributed by atoms with Crippen molar-refractivity contribution in [1.82, 2.24) is 19.9 Å².